The fourth-order valence-electron chi connectivity index (χ4n) is 1.85. The number of hydrogen-bond acceptors (Lipinski definition) is 2. The quantitative estimate of drug-likeness (QED) is 0.732. The molecule has 0 aliphatic heterocycles. The molecule has 2 rings (SSSR count). The monoisotopic (exact) mass is 240 g/mol. The molecule has 0 spiro atoms. The van der Waals surface area contributed by atoms with Crippen molar-refractivity contribution < 1.29 is 9.47 Å². The van der Waals surface area contributed by atoms with E-state index in [1.807, 2.05) is 18.2 Å². The number of halogens is 1. The molecule has 1 aromatic carbocycles. The van der Waals surface area contributed by atoms with E-state index in [9.17, 15) is 0 Å². The second-order valence-corrected chi connectivity index (χ2v) is 4.46. The first-order chi connectivity index (χ1) is 7.85. The second-order valence-electron chi connectivity index (χ2n) is 4.19. The smallest absolute Gasteiger partial charge is 0.165 e. The number of ether oxygens (including phenoxy) is 2. The van der Waals surface area contributed by atoms with Crippen molar-refractivity contribution in [2.45, 2.75) is 25.1 Å². The SMILES string of the molecule is COc1cccc(CCl)c1OCC1CCC1. The summed E-state index contributed by atoms with van der Waals surface area (Å²) in [6, 6.07) is 5.82. The number of benzene rings is 1. The van der Waals surface area contributed by atoms with E-state index in [2.05, 4.69) is 0 Å². The fraction of sp³-hybridized carbons (Fsp3) is 0.538. The summed E-state index contributed by atoms with van der Waals surface area (Å²) in [7, 11) is 1.66. The van der Waals surface area contributed by atoms with Gasteiger partial charge in [-0.05, 0) is 24.8 Å². The van der Waals surface area contributed by atoms with Crippen LogP contribution in [-0.4, -0.2) is 13.7 Å². The Balaban J connectivity index is 2.08. The lowest BCUT2D eigenvalue weighted by molar-refractivity contribution is 0.175. The predicted octanol–water partition coefficient (Wildman–Crippen LogP) is 3.61. The fourth-order valence-corrected chi connectivity index (χ4v) is 2.06. The average molecular weight is 241 g/mol. The van der Waals surface area contributed by atoms with Gasteiger partial charge in [-0.1, -0.05) is 18.6 Å². The molecule has 0 unspecified atom stereocenters. The van der Waals surface area contributed by atoms with Crippen LogP contribution < -0.4 is 9.47 Å². The van der Waals surface area contributed by atoms with Gasteiger partial charge in [-0.3, -0.25) is 0 Å². The largest absolute Gasteiger partial charge is 0.493 e. The minimum absolute atomic E-state index is 0.456. The Bertz CT molecular complexity index is 326. The van der Waals surface area contributed by atoms with Crippen molar-refractivity contribution in [2.75, 3.05) is 13.7 Å². The van der Waals surface area contributed by atoms with Crippen molar-refractivity contribution in [3.8, 4) is 11.5 Å². The molecule has 1 fully saturated rings. The van der Waals surface area contributed by atoms with E-state index in [4.69, 9.17) is 21.1 Å². The Morgan fingerprint density at radius 2 is 2.19 bits per heavy atom. The highest BCUT2D eigenvalue weighted by Crippen LogP contribution is 2.34. The van der Waals surface area contributed by atoms with Gasteiger partial charge in [0, 0.05) is 5.56 Å². The van der Waals surface area contributed by atoms with E-state index >= 15 is 0 Å². The van der Waals surface area contributed by atoms with E-state index in [0.717, 1.165) is 23.7 Å². The minimum atomic E-state index is 0.456. The third-order valence-corrected chi connectivity index (χ3v) is 3.40. The number of methoxy groups -OCH3 is 1. The maximum atomic E-state index is 5.89. The number of rotatable bonds is 5. The zero-order valence-electron chi connectivity index (χ0n) is 9.54. The molecule has 1 aliphatic rings. The van der Waals surface area contributed by atoms with Crippen LogP contribution in [0.15, 0.2) is 18.2 Å². The number of alkyl halides is 1. The van der Waals surface area contributed by atoms with Crippen molar-refractivity contribution in [1.82, 2.24) is 0 Å². The van der Waals surface area contributed by atoms with Crippen molar-refractivity contribution in [3.63, 3.8) is 0 Å². The molecule has 0 bridgehead atoms. The van der Waals surface area contributed by atoms with Crippen molar-refractivity contribution in [2.24, 2.45) is 5.92 Å². The Labute approximate surface area is 102 Å². The molecule has 0 atom stereocenters. The predicted molar refractivity (Wildman–Crippen MR) is 65.4 cm³/mol. The van der Waals surface area contributed by atoms with Crippen LogP contribution in [-0.2, 0) is 5.88 Å². The summed E-state index contributed by atoms with van der Waals surface area (Å²) in [4.78, 5) is 0. The molecule has 1 aliphatic carbocycles. The summed E-state index contributed by atoms with van der Waals surface area (Å²) in [5.74, 6) is 2.76. The molecular weight excluding hydrogens is 224 g/mol. The molecule has 1 saturated carbocycles. The molecular formula is C13H17ClO2. The first kappa shape index (κ1) is 11.6. The second kappa shape index (κ2) is 5.44. The van der Waals surface area contributed by atoms with E-state index in [-0.39, 0.29) is 0 Å². The van der Waals surface area contributed by atoms with Gasteiger partial charge >= 0.3 is 0 Å². The minimum Gasteiger partial charge on any atom is -0.493 e. The summed E-state index contributed by atoms with van der Waals surface area (Å²) >= 11 is 5.89. The zero-order valence-corrected chi connectivity index (χ0v) is 10.3. The lowest BCUT2D eigenvalue weighted by atomic mass is 9.86. The van der Waals surface area contributed by atoms with Crippen LogP contribution in [0.2, 0.25) is 0 Å². The first-order valence-electron chi connectivity index (χ1n) is 5.69. The third-order valence-electron chi connectivity index (χ3n) is 3.11. The van der Waals surface area contributed by atoms with Crippen LogP contribution in [0.4, 0.5) is 0 Å². The molecule has 2 nitrogen and oxygen atoms in total. The number of hydrogen-bond donors (Lipinski definition) is 0. The molecule has 16 heavy (non-hydrogen) atoms. The van der Waals surface area contributed by atoms with E-state index in [0.29, 0.717) is 11.8 Å². The maximum Gasteiger partial charge on any atom is 0.165 e. The lowest BCUT2D eigenvalue weighted by Gasteiger charge is -2.26. The van der Waals surface area contributed by atoms with Gasteiger partial charge in [0.2, 0.25) is 0 Å². The van der Waals surface area contributed by atoms with Crippen LogP contribution in [0.1, 0.15) is 24.8 Å². The highest BCUT2D eigenvalue weighted by molar-refractivity contribution is 6.17. The summed E-state index contributed by atoms with van der Waals surface area (Å²) in [6.45, 7) is 0.782. The highest BCUT2D eigenvalue weighted by atomic mass is 35.5. The Kier molecular flexibility index (Phi) is 3.94. The van der Waals surface area contributed by atoms with Gasteiger partial charge in [0.15, 0.2) is 11.5 Å². The standard InChI is InChI=1S/C13H17ClO2/c1-15-12-7-3-6-11(8-14)13(12)16-9-10-4-2-5-10/h3,6-7,10H,2,4-5,8-9H2,1H3. The molecule has 0 radical (unpaired) electrons. The molecule has 0 saturated heterocycles. The van der Waals surface area contributed by atoms with Gasteiger partial charge in [-0.2, -0.15) is 0 Å². The first-order valence-corrected chi connectivity index (χ1v) is 6.23. The molecule has 1 aromatic rings. The summed E-state index contributed by atoms with van der Waals surface area (Å²) in [5, 5.41) is 0. The average Bonchev–Trinajstić information content (AvgIpc) is 2.27. The molecule has 0 heterocycles. The normalized spacial score (nSPS) is 15.6. The van der Waals surface area contributed by atoms with Gasteiger partial charge in [0.05, 0.1) is 19.6 Å². The molecule has 0 N–H and O–H groups in total. The summed E-state index contributed by atoms with van der Waals surface area (Å²) in [5.41, 5.74) is 1.00. The lowest BCUT2D eigenvalue weighted by Crippen LogP contribution is -2.19. The van der Waals surface area contributed by atoms with E-state index < -0.39 is 0 Å². The Morgan fingerprint density at radius 1 is 1.38 bits per heavy atom. The maximum absolute atomic E-state index is 5.89. The molecule has 0 aromatic heterocycles. The topological polar surface area (TPSA) is 18.5 Å². The number of para-hydroxylation sites is 1. The van der Waals surface area contributed by atoms with Crippen molar-refractivity contribution in [1.29, 1.82) is 0 Å². The molecule has 3 heteroatoms. The van der Waals surface area contributed by atoms with Crippen LogP contribution >= 0.6 is 11.6 Å². The van der Waals surface area contributed by atoms with Crippen LogP contribution in [0.25, 0.3) is 0 Å². The zero-order chi connectivity index (χ0) is 11.4. The van der Waals surface area contributed by atoms with Crippen molar-refractivity contribution >= 4 is 11.6 Å². The van der Waals surface area contributed by atoms with Crippen LogP contribution in [0.5, 0.6) is 11.5 Å². The summed E-state index contributed by atoms with van der Waals surface area (Å²) < 4.78 is 11.1. The van der Waals surface area contributed by atoms with Gasteiger partial charge < -0.3 is 9.47 Å². The molecule has 0 amide bonds. The van der Waals surface area contributed by atoms with Gasteiger partial charge in [-0.15, -0.1) is 11.6 Å². The summed E-state index contributed by atoms with van der Waals surface area (Å²) in [6.07, 6.45) is 3.90. The van der Waals surface area contributed by atoms with E-state index in [1.165, 1.54) is 19.3 Å². The van der Waals surface area contributed by atoms with Crippen LogP contribution in [0, 0.1) is 5.92 Å². The Morgan fingerprint density at radius 3 is 2.75 bits per heavy atom. The molecule has 88 valence electrons. The van der Waals surface area contributed by atoms with Crippen LogP contribution in [0.3, 0.4) is 0 Å². The van der Waals surface area contributed by atoms with Crippen molar-refractivity contribution in [3.05, 3.63) is 23.8 Å². The van der Waals surface area contributed by atoms with Gasteiger partial charge in [-0.25, -0.2) is 0 Å². The highest BCUT2D eigenvalue weighted by Gasteiger charge is 2.19. The van der Waals surface area contributed by atoms with Gasteiger partial charge in [0.1, 0.15) is 0 Å². The van der Waals surface area contributed by atoms with Gasteiger partial charge in [0.25, 0.3) is 0 Å². The third kappa shape index (κ3) is 2.43. The van der Waals surface area contributed by atoms with E-state index in [1.54, 1.807) is 7.11 Å². The Hall–Kier alpha value is -0.890.